The maximum absolute atomic E-state index is 6.48. The Kier molecular flexibility index (Phi) is 8.94. The summed E-state index contributed by atoms with van der Waals surface area (Å²) in [5, 5.41) is 3.30. The van der Waals surface area contributed by atoms with Gasteiger partial charge in [-0.05, 0) is 47.5 Å². The van der Waals surface area contributed by atoms with Gasteiger partial charge in [-0.25, -0.2) is 4.98 Å². The molecule has 0 atom stereocenters. The zero-order chi connectivity index (χ0) is 29.4. The topological polar surface area (TPSA) is 51.8 Å². The number of fused-ring (bicyclic) bond motifs is 5. The summed E-state index contributed by atoms with van der Waals surface area (Å²) in [7, 11) is 0. The molecule has 6 heteroatoms. The predicted octanol–water partition coefficient (Wildman–Crippen LogP) is 10.3. The van der Waals surface area contributed by atoms with Crippen molar-refractivity contribution in [2.24, 2.45) is 0 Å². The third kappa shape index (κ3) is 6.19. The van der Waals surface area contributed by atoms with Crippen molar-refractivity contribution in [3.8, 4) is 22.5 Å². The van der Waals surface area contributed by atoms with E-state index in [0.29, 0.717) is 5.92 Å². The van der Waals surface area contributed by atoms with Crippen LogP contribution in [0.5, 0.6) is 0 Å². The maximum Gasteiger partial charge on any atom is 0.148 e. The van der Waals surface area contributed by atoms with Gasteiger partial charge in [0.1, 0.15) is 11.1 Å². The molecule has 219 valence electrons. The van der Waals surface area contributed by atoms with Crippen LogP contribution in [0.25, 0.3) is 54.7 Å². The van der Waals surface area contributed by atoms with E-state index in [-0.39, 0.29) is 25.5 Å². The van der Waals surface area contributed by atoms with Crippen molar-refractivity contribution in [3.05, 3.63) is 113 Å². The molecule has 3 aromatic carbocycles. The second-order valence-corrected chi connectivity index (χ2v) is 12.9. The maximum atomic E-state index is 6.48. The van der Waals surface area contributed by atoms with E-state index in [2.05, 4.69) is 82.9 Å². The van der Waals surface area contributed by atoms with E-state index in [1.807, 2.05) is 54.7 Å². The second kappa shape index (κ2) is 12.5. The number of aryl methyl sites for hydroxylation is 1. The zero-order valence-corrected chi connectivity index (χ0v) is 28.4. The van der Waals surface area contributed by atoms with Gasteiger partial charge in [-0.3, -0.25) is 0 Å². The molecule has 4 heterocycles. The molecule has 0 N–H and O–H groups in total. The molecule has 0 saturated heterocycles. The molecule has 4 nitrogen and oxygen atoms in total. The van der Waals surface area contributed by atoms with Gasteiger partial charge < -0.3 is 14.4 Å². The molecular weight excluding hydrogens is 727 g/mol. The Morgan fingerprint density at radius 3 is 2.33 bits per heavy atom. The Bertz CT molecular complexity index is 1970. The zero-order valence-electron chi connectivity index (χ0n) is 25.2. The number of thiazole rings is 1. The third-order valence-corrected chi connectivity index (χ3v) is 8.72. The minimum absolute atomic E-state index is 0. The fourth-order valence-corrected chi connectivity index (χ4v) is 6.10. The van der Waals surface area contributed by atoms with Crippen molar-refractivity contribution >= 4 is 43.5 Å². The van der Waals surface area contributed by atoms with Crippen LogP contribution in [-0.2, 0) is 25.5 Å². The second-order valence-electron chi connectivity index (χ2n) is 11.8. The first-order chi connectivity index (χ1) is 20.2. The summed E-state index contributed by atoms with van der Waals surface area (Å²) >= 11 is 1.75. The average molecular weight is 760 g/mol. The van der Waals surface area contributed by atoms with Gasteiger partial charge in [0.05, 0.1) is 15.3 Å². The van der Waals surface area contributed by atoms with E-state index >= 15 is 0 Å². The monoisotopic (exact) mass is 760 g/mol. The van der Waals surface area contributed by atoms with Crippen molar-refractivity contribution in [2.45, 2.75) is 52.9 Å². The van der Waals surface area contributed by atoms with Gasteiger partial charge in [0.15, 0.2) is 0 Å². The van der Waals surface area contributed by atoms with Crippen LogP contribution in [0.15, 0.2) is 89.6 Å². The van der Waals surface area contributed by atoms with E-state index in [1.165, 1.54) is 11.1 Å². The number of benzene rings is 3. The van der Waals surface area contributed by atoms with Crippen LogP contribution in [0.2, 0.25) is 0 Å². The van der Waals surface area contributed by atoms with Crippen LogP contribution in [-0.4, -0.2) is 15.0 Å². The standard InChI is InChI=1S/C26H25N2OS.C11H8N.Ir/c1-14(2)19-12-20(27-13-15(19)3)18-9-7-8-16-17-10-11-21-22(24(17)29-23(16)18)28-25(30-21)26(4,5)6;1-2-6-10(7-3-1)11-8-4-5-9-12-11;/h7-8,10-14H,1-6H3;1-6,8-9H;/q2*-1;. The Labute approximate surface area is 270 Å². The van der Waals surface area contributed by atoms with Gasteiger partial charge in [0.25, 0.3) is 0 Å². The van der Waals surface area contributed by atoms with E-state index in [1.54, 1.807) is 17.5 Å². The van der Waals surface area contributed by atoms with Crippen molar-refractivity contribution in [3.63, 3.8) is 0 Å². The molecular formula is C37H33IrN3OS-2. The molecule has 7 aromatic rings. The number of hydrogen-bond donors (Lipinski definition) is 0. The summed E-state index contributed by atoms with van der Waals surface area (Å²) < 4.78 is 7.64. The van der Waals surface area contributed by atoms with E-state index in [0.717, 1.165) is 59.7 Å². The van der Waals surface area contributed by atoms with Gasteiger partial charge in [-0.1, -0.05) is 69.8 Å². The predicted molar refractivity (Wildman–Crippen MR) is 175 cm³/mol. The Morgan fingerprint density at radius 1 is 0.837 bits per heavy atom. The molecule has 0 fully saturated rings. The summed E-state index contributed by atoms with van der Waals surface area (Å²) in [4.78, 5) is 13.9. The summed E-state index contributed by atoms with van der Waals surface area (Å²) in [5.74, 6) is 0.437. The van der Waals surface area contributed by atoms with E-state index in [9.17, 15) is 0 Å². The van der Waals surface area contributed by atoms with Crippen LogP contribution >= 0.6 is 11.3 Å². The van der Waals surface area contributed by atoms with E-state index < -0.39 is 0 Å². The largest absolute Gasteiger partial charge is 0.498 e. The minimum atomic E-state index is 0. The number of hydrogen-bond acceptors (Lipinski definition) is 5. The number of aromatic nitrogens is 3. The molecule has 0 aliphatic carbocycles. The van der Waals surface area contributed by atoms with Crippen LogP contribution in [0.1, 0.15) is 56.7 Å². The van der Waals surface area contributed by atoms with Gasteiger partial charge in [-0.15, -0.1) is 65.4 Å². The molecule has 0 aliphatic heterocycles. The van der Waals surface area contributed by atoms with Gasteiger partial charge >= 0.3 is 0 Å². The normalized spacial score (nSPS) is 11.5. The fraction of sp³-hybridized carbons (Fsp3) is 0.216. The first-order valence-electron chi connectivity index (χ1n) is 14.2. The molecule has 0 bridgehead atoms. The summed E-state index contributed by atoms with van der Waals surface area (Å²) in [6, 6.07) is 30.7. The molecule has 7 rings (SSSR count). The van der Waals surface area contributed by atoms with Crippen LogP contribution in [0.4, 0.5) is 0 Å². The Balaban J connectivity index is 0.000000238. The van der Waals surface area contributed by atoms with Crippen molar-refractivity contribution < 1.29 is 24.5 Å². The summed E-state index contributed by atoms with van der Waals surface area (Å²) in [6.07, 6.45) is 3.74. The molecule has 4 aromatic heterocycles. The van der Waals surface area contributed by atoms with Gasteiger partial charge in [-0.2, -0.15) is 0 Å². The average Bonchev–Trinajstić information content (AvgIpc) is 3.61. The van der Waals surface area contributed by atoms with Gasteiger partial charge in [0, 0.05) is 43.3 Å². The van der Waals surface area contributed by atoms with Gasteiger partial charge in [0.2, 0.25) is 0 Å². The minimum Gasteiger partial charge on any atom is -0.498 e. The number of pyridine rings is 2. The van der Waals surface area contributed by atoms with Crippen LogP contribution in [0, 0.1) is 19.1 Å². The van der Waals surface area contributed by atoms with Crippen LogP contribution in [0.3, 0.4) is 0 Å². The van der Waals surface area contributed by atoms with Crippen molar-refractivity contribution in [1.82, 2.24) is 15.0 Å². The molecule has 0 amide bonds. The molecule has 1 radical (unpaired) electrons. The van der Waals surface area contributed by atoms with Crippen LogP contribution < -0.4 is 0 Å². The fourth-order valence-electron chi connectivity index (χ4n) is 5.07. The summed E-state index contributed by atoms with van der Waals surface area (Å²) in [5.41, 5.74) is 8.98. The third-order valence-electron chi connectivity index (χ3n) is 7.27. The summed E-state index contributed by atoms with van der Waals surface area (Å²) in [6.45, 7) is 13.1. The molecule has 0 saturated carbocycles. The number of furan rings is 1. The van der Waals surface area contributed by atoms with E-state index in [4.69, 9.17) is 14.4 Å². The number of nitrogens with zero attached hydrogens (tertiary/aromatic N) is 3. The quantitative estimate of drug-likeness (QED) is 0.168. The SMILES string of the molecule is Cc1cnc(-c2[c-]ccc3c2oc2c3ccc3sc(C(C)(C)C)nc32)cc1C(C)C.[Ir].[c-]1ccccc1-c1ccccn1. The van der Waals surface area contributed by atoms with Crippen molar-refractivity contribution in [1.29, 1.82) is 0 Å². The first-order valence-corrected chi connectivity index (χ1v) is 15.0. The smallest absolute Gasteiger partial charge is 0.148 e. The molecule has 43 heavy (non-hydrogen) atoms. The molecule has 0 aliphatic rings. The Morgan fingerprint density at radius 2 is 1.63 bits per heavy atom. The van der Waals surface area contributed by atoms with Crippen molar-refractivity contribution in [2.75, 3.05) is 0 Å². The molecule has 0 spiro atoms. The Hall–Kier alpha value is -3.70. The first kappa shape index (κ1) is 30.7. The molecule has 0 unspecified atom stereocenters. The number of rotatable bonds is 3.